The van der Waals surface area contributed by atoms with Gasteiger partial charge in [0, 0.05) is 12.4 Å². The van der Waals surface area contributed by atoms with Crippen molar-refractivity contribution in [2.75, 3.05) is 0 Å². The van der Waals surface area contributed by atoms with Crippen LogP contribution in [0.1, 0.15) is 0 Å². The van der Waals surface area contributed by atoms with Crippen molar-refractivity contribution in [2.45, 2.75) is 0 Å². The molecule has 0 saturated carbocycles. The van der Waals surface area contributed by atoms with Gasteiger partial charge in [-0.3, -0.25) is 4.98 Å². The molecule has 0 amide bonds. The van der Waals surface area contributed by atoms with Crippen molar-refractivity contribution >= 4 is 14.7 Å². The molecule has 0 N–H and O–H groups in total. The number of aromatic nitrogens is 2. The second-order valence-electron chi connectivity index (χ2n) is 3.01. The zero-order valence-electron chi connectivity index (χ0n) is 10.0. The van der Waals surface area contributed by atoms with E-state index in [2.05, 4.69) is 9.97 Å². The third-order valence-corrected chi connectivity index (χ3v) is 2.39. The quantitative estimate of drug-likeness (QED) is 0.356. The fourth-order valence-electron chi connectivity index (χ4n) is 1.18. The van der Waals surface area contributed by atoms with Crippen LogP contribution in [0.15, 0.2) is 59.3 Å². The second-order valence-corrected chi connectivity index (χ2v) is 4.06. The van der Waals surface area contributed by atoms with Crippen LogP contribution in [-0.2, 0) is 24.7 Å². The van der Waals surface area contributed by atoms with Crippen LogP contribution in [-0.4, -0.2) is 9.97 Å². The van der Waals surface area contributed by atoms with Crippen molar-refractivity contribution in [3.05, 3.63) is 54.9 Å². The Kier molecular flexibility index (Phi) is 17.2. The number of hydrogen-bond donors (Lipinski definition) is 0. The first-order chi connectivity index (χ1) is 7.86. The molecule has 0 atom stereocenters. The number of halogens is 4. The van der Waals surface area contributed by atoms with E-state index in [4.69, 9.17) is 4.42 Å². The second kappa shape index (κ2) is 13.8. The summed E-state index contributed by atoms with van der Waals surface area (Å²) in [5.74, 6) is 0. The first-order valence-electron chi connectivity index (χ1n) is 4.78. The van der Waals surface area contributed by atoms with Gasteiger partial charge in [-0.25, -0.2) is 0 Å². The predicted molar refractivity (Wildman–Crippen MR) is 57.9 cm³/mol. The third-order valence-electron chi connectivity index (χ3n) is 1.86. The van der Waals surface area contributed by atoms with Crippen molar-refractivity contribution in [1.29, 1.82) is 0 Å². The van der Waals surface area contributed by atoms with Gasteiger partial charge in [0.15, 0.2) is 0 Å². The summed E-state index contributed by atoms with van der Waals surface area (Å²) in [6, 6.07) is 13.5. The van der Waals surface area contributed by atoms with Crippen LogP contribution in [0.2, 0.25) is 0 Å². The fourth-order valence-corrected chi connectivity index (χ4v) is 1.75. The van der Waals surface area contributed by atoms with Gasteiger partial charge in [-0.05, 0) is 12.1 Å². The monoisotopic (exact) mass is 427 g/mol. The zero-order chi connectivity index (χ0) is 11.2. The van der Waals surface area contributed by atoms with Crippen molar-refractivity contribution in [2.24, 2.45) is 0 Å². The van der Waals surface area contributed by atoms with E-state index in [-0.39, 0.29) is 49.6 Å². The van der Waals surface area contributed by atoms with Crippen LogP contribution >= 0.6 is 0 Å². The molecule has 0 bridgehead atoms. The SMILES string of the molecule is [Cl-].[Cl-].[Cl-].[Cl-].[Zr+4][c]1nc2ccccc2o1.c1ccncc1. The maximum Gasteiger partial charge on any atom is 0.0267 e. The van der Waals surface area contributed by atoms with Crippen molar-refractivity contribution < 1.29 is 78.8 Å². The van der Waals surface area contributed by atoms with E-state index >= 15 is 0 Å². The van der Waals surface area contributed by atoms with Gasteiger partial charge < -0.3 is 49.6 Å². The average Bonchev–Trinajstić information content (AvgIpc) is 2.72. The number of rotatable bonds is 0. The first kappa shape index (κ1) is 24.9. The Morgan fingerprint density at radius 3 is 1.85 bits per heavy atom. The summed E-state index contributed by atoms with van der Waals surface area (Å²) >= 11 is 1.22. The Morgan fingerprint density at radius 1 is 0.800 bits per heavy atom. The van der Waals surface area contributed by atoms with E-state index in [1.165, 1.54) is 24.7 Å². The number of fused-ring (bicyclic) bond motifs is 1. The Hall–Kier alpha value is -0.117. The smallest absolute Gasteiger partial charge is 0.0267 e. The summed E-state index contributed by atoms with van der Waals surface area (Å²) in [5.41, 5.74) is 1.84. The van der Waals surface area contributed by atoms with Crippen LogP contribution in [0, 0.1) is 0 Å². The summed E-state index contributed by atoms with van der Waals surface area (Å²) in [6.45, 7) is 0. The molecule has 0 aliphatic carbocycles. The Balaban J connectivity index is -0.000000260. The van der Waals surface area contributed by atoms with E-state index in [0.717, 1.165) is 14.7 Å². The maximum absolute atomic E-state index is 5.30. The molecule has 0 fully saturated rings. The first-order valence-corrected chi connectivity index (χ1v) is 6.01. The summed E-state index contributed by atoms with van der Waals surface area (Å²) in [6.07, 6.45) is 3.50. The summed E-state index contributed by atoms with van der Waals surface area (Å²) in [4.78, 5) is 7.97. The Morgan fingerprint density at radius 2 is 1.40 bits per heavy atom. The van der Waals surface area contributed by atoms with E-state index in [1.54, 1.807) is 12.4 Å². The standard InChI is InChI=1S/C7H4NO.C5H5N.4ClH.Zr/c1-2-4-7-6(3-1)8-5-9-7;1-2-4-6-5-3-1;;;;;/h1-4H;1-5H;4*1H;/q;;;;;;+4/p-4. The Bertz CT molecular complexity index is 506. The van der Waals surface area contributed by atoms with E-state index in [1.807, 2.05) is 42.5 Å². The molecule has 105 valence electrons. The van der Waals surface area contributed by atoms with Crippen LogP contribution in [0.3, 0.4) is 0 Å². The Labute approximate surface area is 157 Å². The molecule has 0 spiro atoms. The van der Waals surface area contributed by atoms with Crippen molar-refractivity contribution in [1.82, 2.24) is 9.97 Å². The van der Waals surface area contributed by atoms with Crippen LogP contribution < -0.4 is 53.2 Å². The molecule has 0 saturated heterocycles. The molecule has 3 aromatic rings. The van der Waals surface area contributed by atoms with Gasteiger partial charge in [-0.2, -0.15) is 0 Å². The molecular formula is C12H9Cl4N2OZr. The normalized spacial score (nSPS) is 7.70. The van der Waals surface area contributed by atoms with Gasteiger partial charge in [0.05, 0.1) is 0 Å². The molecule has 2 aromatic heterocycles. The predicted octanol–water partition coefficient (Wildman–Crippen LogP) is -9.90. The molecule has 8 heteroatoms. The number of oxazole rings is 1. The summed E-state index contributed by atoms with van der Waals surface area (Å²) in [7, 11) is 0. The molecule has 2 heterocycles. The minimum Gasteiger partial charge on any atom is -0.265 e. The van der Waals surface area contributed by atoms with Gasteiger partial charge >= 0.3 is 73.1 Å². The molecule has 20 heavy (non-hydrogen) atoms. The molecule has 1 aromatic carbocycles. The minimum atomic E-state index is 0. The molecule has 0 unspecified atom stereocenters. The number of nitrogens with zero attached hydrogens (tertiary/aromatic N) is 2. The van der Waals surface area contributed by atoms with Gasteiger partial charge in [0.2, 0.25) is 0 Å². The number of hydrogen-bond acceptors (Lipinski definition) is 3. The van der Waals surface area contributed by atoms with E-state index in [0.29, 0.717) is 0 Å². The fraction of sp³-hybridized carbons (Fsp3) is 0. The minimum absolute atomic E-state index is 0. The number of pyridine rings is 1. The third kappa shape index (κ3) is 8.23. The molecule has 3 nitrogen and oxygen atoms in total. The van der Waals surface area contributed by atoms with Gasteiger partial charge in [0.25, 0.3) is 0 Å². The molecule has 0 aliphatic heterocycles. The van der Waals surface area contributed by atoms with Crippen LogP contribution in [0.4, 0.5) is 0 Å². The molecule has 0 aliphatic rings. The average molecular weight is 430 g/mol. The van der Waals surface area contributed by atoms with E-state index < -0.39 is 0 Å². The van der Waals surface area contributed by atoms with Gasteiger partial charge in [0.1, 0.15) is 0 Å². The van der Waals surface area contributed by atoms with Crippen LogP contribution in [0.5, 0.6) is 0 Å². The van der Waals surface area contributed by atoms with Gasteiger partial charge in [-0.15, -0.1) is 0 Å². The van der Waals surface area contributed by atoms with E-state index in [9.17, 15) is 0 Å². The molecule has 0 radical (unpaired) electrons. The molecule has 3 rings (SSSR count). The topological polar surface area (TPSA) is 38.9 Å². The summed E-state index contributed by atoms with van der Waals surface area (Å²) in [5, 5.41) is 0. The molecular weight excluding hydrogens is 421 g/mol. The van der Waals surface area contributed by atoms with Gasteiger partial charge in [-0.1, -0.05) is 6.07 Å². The van der Waals surface area contributed by atoms with Crippen LogP contribution in [0.25, 0.3) is 11.1 Å². The summed E-state index contributed by atoms with van der Waals surface area (Å²) < 4.78 is 6.11. The zero-order valence-corrected chi connectivity index (χ0v) is 15.5. The van der Waals surface area contributed by atoms with Crippen molar-refractivity contribution in [3.63, 3.8) is 0 Å². The number of para-hydroxylation sites is 2. The maximum atomic E-state index is 5.30. The number of benzene rings is 1. The van der Waals surface area contributed by atoms with Crippen molar-refractivity contribution in [3.8, 4) is 0 Å². The largest absolute Gasteiger partial charge is 0.265 e.